The van der Waals surface area contributed by atoms with Crippen molar-refractivity contribution in [3.05, 3.63) is 36.2 Å². The summed E-state index contributed by atoms with van der Waals surface area (Å²) in [4.78, 5) is 16.4. The van der Waals surface area contributed by atoms with Crippen LogP contribution in [0.15, 0.2) is 30.6 Å². The Labute approximate surface area is 122 Å². The second-order valence-electron chi connectivity index (χ2n) is 5.41. The Balaban J connectivity index is 1.68. The number of rotatable bonds is 4. The minimum absolute atomic E-state index is 0.520. The van der Waals surface area contributed by atoms with Crippen molar-refractivity contribution in [2.24, 2.45) is 0 Å². The van der Waals surface area contributed by atoms with Gasteiger partial charge in [-0.2, -0.15) is 9.97 Å². The number of fused-ring (bicyclic) bond motifs is 1. The fourth-order valence-electron chi connectivity index (χ4n) is 2.18. The molecular weight excluding hydrogens is 264 g/mol. The van der Waals surface area contributed by atoms with Gasteiger partial charge in [-0.15, -0.1) is 0 Å². The maximum Gasteiger partial charge on any atom is 0.231 e. The molecule has 6 heteroatoms. The zero-order valence-corrected chi connectivity index (χ0v) is 11.7. The maximum atomic E-state index is 4.56. The zero-order valence-electron chi connectivity index (χ0n) is 11.7. The Morgan fingerprint density at radius 2 is 1.95 bits per heavy atom. The van der Waals surface area contributed by atoms with Gasteiger partial charge in [0, 0.05) is 11.7 Å². The highest BCUT2D eigenvalue weighted by Gasteiger charge is 2.23. The molecule has 1 fully saturated rings. The van der Waals surface area contributed by atoms with Gasteiger partial charge in [0.2, 0.25) is 5.95 Å². The number of nitrogens with one attached hydrogen (secondary N) is 3. The van der Waals surface area contributed by atoms with Gasteiger partial charge in [-0.3, -0.25) is 0 Å². The highest BCUT2D eigenvalue weighted by Crippen LogP contribution is 2.28. The van der Waals surface area contributed by atoms with Crippen LogP contribution in [0.25, 0.3) is 11.2 Å². The molecule has 1 saturated carbocycles. The fourth-order valence-corrected chi connectivity index (χ4v) is 2.18. The first-order chi connectivity index (χ1) is 10.3. The second kappa shape index (κ2) is 4.73. The minimum Gasteiger partial charge on any atom is -0.365 e. The van der Waals surface area contributed by atoms with Gasteiger partial charge in [-0.1, -0.05) is 17.7 Å². The Morgan fingerprint density at radius 1 is 1.14 bits per heavy atom. The summed E-state index contributed by atoms with van der Waals surface area (Å²) >= 11 is 0. The summed E-state index contributed by atoms with van der Waals surface area (Å²) in [5.74, 6) is 1.36. The molecule has 2 heterocycles. The molecule has 6 nitrogen and oxygen atoms in total. The van der Waals surface area contributed by atoms with Crippen molar-refractivity contribution >= 4 is 28.6 Å². The molecule has 0 radical (unpaired) electrons. The van der Waals surface area contributed by atoms with E-state index in [1.165, 1.54) is 18.4 Å². The van der Waals surface area contributed by atoms with E-state index >= 15 is 0 Å². The lowest BCUT2D eigenvalue weighted by Gasteiger charge is -2.09. The predicted octanol–water partition coefficient (Wildman–Crippen LogP) is 2.98. The molecule has 1 aromatic carbocycles. The molecule has 3 N–H and O–H groups in total. The third kappa shape index (κ3) is 2.52. The van der Waals surface area contributed by atoms with Crippen LogP contribution in [0, 0.1) is 6.92 Å². The number of H-pyrrole nitrogens is 1. The van der Waals surface area contributed by atoms with E-state index in [-0.39, 0.29) is 0 Å². The first-order valence-corrected chi connectivity index (χ1v) is 7.09. The maximum absolute atomic E-state index is 4.56. The topological polar surface area (TPSA) is 78.5 Å². The van der Waals surface area contributed by atoms with Gasteiger partial charge in [0.05, 0.1) is 6.33 Å². The first kappa shape index (κ1) is 12.1. The Morgan fingerprint density at radius 3 is 2.71 bits per heavy atom. The molecule has 0 amide bonds. The van der Waals surface area contributed by atoms with Crippen LogP contribution in [-0.2, 0) is 0 Å². The van der Waals surface area contributed by atoms with Crippen molar-refractivity contribution in [1.29, 1.82) is 0 Å². The Kier molecular flexibility index (Phi) is 2.73. The van der Waals surface area contributed by atoms with E-state index in [1.807, 2.05) is 12.1 Å². The van der Waals surface area contributed by atoms with Gasteiger partial charge in [-0.25, -0.2) is 4.98 Å². The molecule has 0 spiro atoms. The normalized spacial score (nSPS) is 14.3. The predicted molar refractivity (Wildman–Crippen MR) is 82.8 cm³/mol. The molecule has 1 aliphatic rings. The lowest BCUT2D eigenvalue weighted by Crippen LogP contribution is -2.07. The summed E-state index contributed by atoms with van der Waals surface area (Å²) in [5.41, 5.74) is 3.72. The van der Waals surface area contributed by atoms with Crippen molar-refractivity contribution in [2.75, 3.05) is 10.6 Å². The first-order valence-electron chi connectivity index (χ1n) is 7.09. The van der Waals surface area contributed by atoms with Crippen molar-refractivity contribution in [2.45, 2.75) is 25.8 Å². The van der Waals surface area contributed by atoms with Crippen molar-refractivity contribution in [3.8, 4) is 0 Å². The Bertz CT molecular complexity index is 772. The highest BCUT2D eigenvalue weighted by atomic mass is 15.2. The summed E-state index contributed by atoms with van der Waals surface area (Å²) in [5, 5.41) is 6.64. The number of anilines is 3. The van der Waals surface area contributed by atoms with Gasteiger partial charge in [-0.05, 0) is 31.9 Å². The molecule has 0 unspecified atom stereocenters. The fraction of sp³-hybridized carbons (Fsp3) is 0.267. The molecule has 1 aliphatic carbocycles. The summed E-state index contributed by atoms with van der Waals surface area (Å²) in [6.07, 6.45) is 4.03. The highest BCUT2D eigenvalue weighted by molar-refractivity contribution is 5.84. The van der Waals surface area contributed by atoms with E-state index in [2.05, 4.69) is 49.6 Å². The molecule has 106 valence electrons. The van der Waals surface area contributed by atoms with E-state index in [9.17, 15) is 0 Å². The number of aryl methyl sites for hydroxylation is 1. The number of hydrogen-bond donors (Lipinski definition) is 3. The van der Waals surface area contributed by atoms with Crippen LogP contribution in [0.1, 0.15) is 18.4 Å². The van der Waals surface area contributed by atoms with Crippen LogP contribution >= 0.6 is 0 Å². The van der Waals surface area contributed by atoms with Crippen molar-refractivity contribution < 1.29 is 0 Å². The number of aromatic amines is 1. The zero-order chi connectivity index (χ0) is 14.2. The largest absolute Gasteiger partial charge is 0.365 e. The summed E-state index contributed by atoms with van der Waals surface area (Å²) < 4.78 is 0. The van der Waals surface area contributed by atoms with Crippen LogP contribution in [-0.4, -0.2) is 26.0 Å². The number of nitrogens with zero attached hydrogens (tertiary/aromatic N) is 3. The number of aromatic nitrogens is 4. The van der Waals surface area contributed by atoms with E-state index < -0.39 is 0 Å². The molecule has 0 atom stereocenters. The van der Waals surface area contributed by atoms with Gasteiger partial charge in [0.1, 0.15) is 5.52 Å². The standard InChI is InChI=1S/C15H16N6/c1-9-2-4-11(5-3-9)19-15-20-13-12(16-8-17-13)14(21-15)18-10-6-7-10/h2-5,8,10H,6-7H2,1H3,(H3,16,17,18,19,20,21). The van der Waals surface area contributed by atoms with Crippen molar-refractivity contribution in [3.63, 3.8) is 0 Å². The van der Waals surface area contributed by atoms with E-state index in [0.717, 1.165) is 22.7 Å². The number of benzene rings is 1. The molecule has 21 heavy (non-hydrogen) atoms. The van der Waals surface area contributed by atoms with E-state index in [0.29, 0.717) is 12.0 Å². The summed E-state index contributed by atoms with van der Waals surface area (Å²) in [6.45, 7) is 2.06. The van der Waals surface area contributed by atoms with E-state index in [1.54, 1.807) is 6.33 Å². The quantitative estimate of drug-likeness (QED) is 0.684. The van der Waals surface area contributed by atoms with Gasteiger partial charge >= 0.3 is 0 Å². The smallest absolute Gasteiger partial charge is 0.231 e. The van der Waals surface area contributed by atoms with Gasteiger partial charge in [0.15, 0.2) is 11.5 Å². The average Bonchev–Trinajstić information content (AvgIpc) is 3.16. The third-order valence-electron chi connectivity index (χ3n) is 3.50. The van der Waals surface area contributed by atoms with Gasteiger partial charge in [0.25, 0.3) is 0 Å². The third-order valence-corrected chi connectivity index (χ3v) is 3.50. The van der Waals surface area contributed by atoms with Crippen LogP contribution in [0.2, 0.25) is 0 Å². The molecule has 4 rings (SSSR count). The van der Waals surface area contributed by atoms with Crippen LogP contribution in [0.3, 0.4) is 0 Å². The van der Waals surface area contributed by atoms with Crippen LogP contribution in [0.4, 0.5) is 17.5 Å². The van der Waals surface area contributed by atoms with E-state index in [4.69, 9.17) is 0 Å². The second-order valence-corrected chi connectivity index (χ2v) is 5.41. The average molecular weight is 280 g/mol. The summed E-state index contributed by atoms with van der Waals surface area (Å²) in [7, 11) is 0. The minimum atomic E-state index is 0.520. The lowest BCUT2D eigenvalue weighted by atomic mass is 10.2. The SMILES string of the molecule is Cc1ccc(Nc2nc(NC3CC3)c3nc[nH]c3n2)cc1. The molecule has 0 aliphatic heterocycles. The van der Waals surface area contributed by atoms with Crippen molar-refractivity contribution in [1.82, 2.24) is 19.9 Å². The monoisotopic (exact) mass is 280 g/mol. The van der Waals surface area contributed by atoms with Gasteiger partial charge < -0.3 is 15.6 Å². The molecule has 3 aromatic rings. The molecule has 0 saturated heterocycles. The lowest BCUT2D eigenvalue weighted by molar-refractivity contribution is 1.10. The van der Waals surface area contributed by atoms with Crippen LogP contribution in [0.5, 0.6) is 0 Å². The molecular formula is C15H16N6. The Hall–Kier alpha value is -2.63. The molecule has 2 aromatic heterocycles. The molecule has 0 bridgehead atoms. The summed E-state index contributed by atoms with van der Waals surface area (Å²) in [6, 6.07) is 8.67. The number of imidazole rings is 1. The number of hydrogen-bond acceptors (Lipinski definition) is 5. The van der Waals surface area contributed by atoms with Crippen LogP contribution < -0.4 is 10.6 Å².